The number of fused-ring (bicyclic) bond motifs is 1. The Labute approximate surface area is 162 Å². The molecule has 0 bridgehead atoms. The first-order chi connectivity index (χ1) is 13.6. The molecule has 1 aromatic heterocycles. The number of carbonyl (C=O) groups excluding carboxylic acids is 2. The molecule has 4 rings (SSSR count). The smallest absolute Gasteiger partial charge is 0.235 e. The number of nitrogens with one attached hydrogen (secondary N) is 2. The van der Waals surface area contributed by atoms with E-state index in [4.69, 9.17) is 0 Å². The number of rotatable bonds is 4. The number of anilines is 2. The van der Waals surface area contributed by atoms with Gasteiger partial charge in [-0.25, -0.2) is 0 Å². The summed E-state index contributed by atoms with van der Waals surface area (Å²) in [5.74, 6) is 0.937. The molecular formula is C21H21N5O2. The van der Waals surface area contributed by atoms with E-state index >= 15 is 0 Å². The van der Waals surface area contributed by atoms with Crippen LogP contribution in [0, 0.1) is 0 Å². The number of aromatic nitrogens is 3. The second-order valence-corrected chi connectivity index (χ2v) is 6.84. The first kappa shape index (κ1) is 17.9. The predicted molar refractivity (Wildman–Crippen MR) is 107 cm³/mol. The molecule has 142 valence electrons. The molecule has 1 atom stereocenters. The van der Waals surface area contributed by atoms with E-state index in [1.54, 1.807) is 24.3 Å². The van der Waals surface area contributed by atoms with Gasteiger partial charge in [0, 0.05) is 30.4 Å². The number of hydrogen-bond donors (Lipinski definition) is 2. The summed E-state index contributed by atoms with van der Waals surface area (Å²) >= 11 is 0. The third kappa shape index (κ3) is 3.64. The van der Waals surface area contributed by atoms with Crippen LogP contribution in [0.5, 0.6) is 0 Å². The maximum absolute atomic E-state index is 12.9. The van der Waals surface area contributed by atoms with Crippen molar-refractivity contribution in [1.82, 2.24) is 14.8 Å². The zero-order valence-corrected chi connectivity index (χ0v) is 15.6. The van der Waals surface area contributed by atoms with Gasteiger partial charge in [-0.1, -0.05) is 30.3 Å². The molecule has 3 aromatic rings. The van der Waals surface area contributed by atoms with Crippen molar-refractivity contribution < 1.29 is 9.59 Å². The van der Waals surface area contributed by atoms with Crippen LogP contribution in [0.25, 0.3) is 11.4 Å². The van der Waals surface area contributed by atoms with Crippen LogP contribution in [0.15, 0.2) is 54.6 Å². The molecule has 0 saturated heterocycles. The zero-order valence-electron chi connectivity index (χ0n) is 15.6. The molecule has 1 unspecified atom stereocenters. The Bertz CT molecular complexity index is 995. The van der Waals surface area contributed by atoms with Crippen LogP contribution in [0.3, 0.4) is 0 Å². The summed E-state index contributed by atoms with van der Waals surface area (Å²) in [4.78, 5) is 24.0. The minimum absolute atomic E-state index is 0.0970. The fraction of sp³-hybridized carbons (Fsp3) is 0.238. The Hall–Kier alpha value is -3.48. The first-order valence-electron chi connectivity index (χ1n) is 9.29. The Balaban J connectivity index is 1.52. The van der Waals surface area contributed by atoms with Crippen LogP contribution in [-0.4, -0.2) is 26.6 Å². The van der Waals surface area contributed by atoms with Gasteiger partial charge in [0.1, 0.15) is 5.82 Å². The highest BCUT2D eigenvalue weighted by Crippen LogP contribution is 2.31. The Morgan fingerprint density at radius 2 is 1.64 bits per heavy atom. The van der Waals surface area contributed by atoms with E-state index in [0.717, 1.165) is 30.8 Å². The molecule has 7 nitrogen and oxygen atoms in total. The summed E-state index contributed by atoms with van der Waals surface area (Å²) in [6.07, 6.45) is 1.63. The zero-order chi connectivity index (χ0) is 19.5. The summed E-state index contributed by atoms with van der Waals surface area (Å²) < 4.78 is 2.04. The second-order valence-electron chi connectivity index (χ2n) is 6.84. The number of amides is 2. The molecule has 0 spiro atoms. The maximum Gasteiger partial charge on any atom is 0.235 e. The Morgan fingerprint density at radius 3 is 2.32 bits per heavy atom. The molecule has 0 saturated carbocycles. The normalized spacial score (nSPS) is 15.5. The lowest BCUT2D eigenvalue weighted by atomic mass is 9.97. The quantitative estimate of drug-likeness (QED) is 0.731. The third-order valence-corrected chi connectivity index (χ3v) is 4.79. The van der Waals surface area contributed by atoms with Crippen molar-refractivity contribution in [2.24, 2.45) is 0 Å². The lowest BCUT2D eigenvalue weighted by Crippen LogP contribution is -2.27. The topological polar surface area (TPSA) is 88.9 Å². The molecule has 7 heteroatoms. The van der Waals surface area contributed by atoms with Gasteiger partial charge in [-0.2, -0.15) is 0 Å². The van der Waals surface area contributed by atoms with Crippen molar-refractivity contribution in [3.63, 3.8) is 0 Å². The molecule has 28 heavy (non-hydrogen) atoms. The highest BCUT2D eigenvalue weighted by atomic mass is 16.2. The minimum atomic E-state index is -0.339. The van der Waals surface area contributed by atoms with E-state index < -0.39 is 0 Å². The minimum Gasteiger partial charge on any atom is -0.326 e. The van der Waals surface area contributed by atoms with Crippen molar-refractivity contribution in [2.45, 2.75) is 32.2 Å². The highest BCUT2D eigenvalue weighted by molar-refractivity contribution is 5.96. The fourth-order valence-corrected chi connectivity index (χ4v) is 3.49. The molecule has 2 N–H and O–H groups in total. The van der Waals surface area contributed by atoms with Crippen molar-refractivity contribution in [3.05, 3.63) is 60.4 Å². The molecule has 2 heterocycles. The number of benzene rings is 2. The van der Waals surface area contributed by atoms with E-state index in [1.165, 1.54) is 6.92 Å². The predicted octanol–water partition coefficient (Wildman–Crippen LogP) is 3.42. The Kier molecular flexibility index (Phi) is 4.89. The summed E-state index contributed by atoms with van der Waals surface area (Å²) in [7, 11) is 0. The largest absolute Gasteiger partial charge is 0.326 e. The van der Waals surface area contributed by atoms with Crippen molar-refractivity contribution in [2.75, 3.05) is 10.6 Å². The van der Waals surface area contributed by atoms with E-state index in [1.807, 2.05) is 34.9 Å². The number of carbonyl (C=O) groups is 2. The van der Waals surface area contributed by atoms with Crippen LogP contribution in [0.1, 0.15) is 31.5 Å². The van der Waals surface area contributed by atoms with Crippen LogP contribution < -0.4 is 10.6 Å². The van der Waals surface area contributed by atoms with E-state index in [-0.39, 0.29) is 17.7 Å². The van der Waals surface area contributed by atoms with Crippen molar-refractivity contribution >= 4 is 23.2 Å². The van der Waals surface area contributed by atoms with Crippen molar-refractivity contribution in [1.29, 1.82) is 0 Å². The summed E-state index contributed by atoms with van der Waals surface area (Å²) in [5, 5.41) is 14.3. The van der Waals surface area contributed by atoms with Crippen LogP contribution in [0.4, 0.5) is 11.4 Å². The summed E-state index contributed by atoms with van der Waals surface area (Å²) in [5.41, 5.74) is 2.37. The molecule has 1 aliphatic heterocycles. The van der Waals surface area contributed by atoms with Gasteiger partial charge in [-0.3, -0.25) is 9.59 Å². The number of nitrogens with zero attached hydrogens (tertiary/aromatic N) is 3. The third-order valence-electron chi connectivity index (χ3n) is 4.79. The maximum atomic E-state index is 12.9. The molecule has 2 aromatic carbocycles. The number of hydrogen-bond acceptors (Lipinski definition) is 4. The highest BCUT2D eigenvalue weighted by Gasteiger charge is 2.31. The van der Waals surface area contributed by atoms with Crippen LogP contribution in [0.2, 0.25) is 0 Å². The van der Waals surface area contributed by atoms with E-state index in [2.05, 4.69) is 20.8 Å². The molecule has 0 radical (unpaired) electrons. The molecule has 0 aliphatic carbocycles. The summed E-state index contributed by atoms with van der Waals surface area (Å²) in [6.45, 7) is 2.26. The first-order valence-corrected chi connectivity index (χ1v) is 9.29. The monoisotopic (exact) mass is 375 g/mol. The van der Waals surface area contributed by atoms with Crippen LogP contribution >= 0.6 is 0 Å². The second kappa shape index (κ2) is 7.64. The average Bonchev–Trinajstić information content (AvgIpc) is 3.14. The standard InChI is InChI=1S/C21H21N5O2/c1-14(27)22-16-9-11-17(12-10-16)23-21(28)18-8-5-13-26-19(24-25-20(18)26)15-6-3-2-4-7-15/h2-4,6-7,9-12,18H,5,8,13H2,1H3,(H,22,27)(H,23,28). The van der Waals surface area contributed by atoms with Gasteiger partial charge in [0.25, 0.3) is 0 Å². The van der Waals surface area contributed by atoms with E-state index in [0.29, 0.717) is 17.2 Å². The molecular weight excluding hydrogens is 354 g/mol. The molecule has 2 amide bonds. The lowest BCUT2D eigenvalue weighted by molar-refractivity contribution is -0.118. The molecule has 1 aliphatic rings. The van der Waals surface area contributed by atoms with Gasteiger partial charge >= 0.3 is 0 Å². The summed E-state index contributed by atoms with van der Waals surface area (Å²) in [6, 6.07) is 16.9. The van der Waals surface area contributed by atoms with Gasteiger partial charge in [-0.15, -0.1) is 10.2 Å². The average molecular weight is 375 g/mol. The lowest BCUT2D eigenvalue weighted by Gasteiger charge is -2.23. The molecule has 0 fully saturated rings. The van der Waals surface area contributed by atoms with Gasteiger partial charge < -0.3 is 15.2 Å². The fourth-order valence-electron chi connectivity index (χ4n) is 3.49. The van der Waals surface area contributed by atoms with Gasteiger partial charge in [0.05, 0.1) is 5.92 Å². The van der Waals surface area contributed by atoms with E-state index in [9.17, 15) is 9.59 Å². The van der Waals surface area contributed by atoms with Crippen molar-refractivity contribution in [3.8, 4) is 11.4 Å². The van der Waals surface area contributed by atoms with Gasteiger partial charge in [0.15, 0.2) is 5.82 Å². The van der Waals surface area contributed by atoms with Crippen LogP contribution in [-0.2, 0) is 16.1 Å². The SMILES string of the molecule is CC(=O)Nc1ccc(NC(=O)C2CCCn3c(-c4ccccc4)nnc32)cc1. The Morgan fingerprint density at radius 1 is 0.964 bits per heavy atom. The van der Waals surface area contributed by atoms with Gasteiger partial charge in [0.2, 0.25) is 11.8 Å². The van der Waals surface area contributed by atoms with Gasteiger partial charge in [-0.05, 0) is 37.1 Å².